The molecule has 0 spiro atoms. The zero-order chi connectivity index (χ0) is 17.4. The Morgan fingerprint density at radius 1 is 1.30 bits per heavy atom. The number of rotatable bonds is 1. The number of nitrogen functional groups attached to an aromatic ring is 1. The molecule has 0 aromatic heterocycles. The monoisotopic (exact) mass is 323 g/mol. The van der Waals surface area contributed by atoms with E-state index in [9.17, 15) is 9.18 Å². The van der Waals surface area contributed by atoms with Crippen molar-refractivity contribution in [2.45, 2.75) is 45.8 Å². The third-order valence-electron chi connectivity index (χ3n) is 3.83. The van der Waals surface area contributed by atoms with Gasteiger partial charge in [-0.05, 0) is 52.8 Å². The van der Waals surface area contributed by atoms with E-state index in [1.54, 1.807) is 17.0 Å². The van der Waals surface area contributed by atoms with Gasteiger partial charge in [0.2, 0.25) is 0 Å². The van der Waals surface area contributed by atoms with E-state index in [-0.39, 0.29) is 11.9 Å². The third-order valence-corrected chi connectivity index (χ3v) is 3.83. The Hall–Kier alpha value is -1.98. The molecule has 23 heavy (non-hydrogen) atoms. The van der Waals surface area contributed by atoms with E-state index in [2.05, 4.69) is 0 Å². The minimum Gasteiger partial charge on any atom is -0.444 e. The number of carbonyl (C=O) groups excluding carboxylic acids is 1. The summed E-state index contributed by atoms with van der Waals surface area (Å²) < 4.78 is 19.6. The Bertz CT molecular complexity index is 596. The molecule has 2 rings (SSSR count). The Morgan fingerprint density at radius 2 is 1.96 bits per heavy atom. The van der Waals surface area contributed by atoms with Gasteiger partial charge in [-0.2, -0.15) is 0 Å². The summed E-state index contributed by atoms with van der Waals surface area (Å²) in [6.45, 7) is 11.0. The standard InChI is InChI=1S/C17H26FN3O2/c1-16(2,3)23-15(22)21-9-8-20(11-17(21,4)5)14-7-6-12(19)10-13(14)18/h6-7,10H,8-9,11,19H2,1-5H3. The van der Waals surface area contributed by atoms with Crippen molar-refractivity contribution in [3.8, 4) is 0 Å². The molecule has 1 aromatic rings. The fraction of sp³-hybridized carbons (Fsp3) is 0.588. The Kier molecular flexibility index (Phi) is 4.46. The molecule has 0 saturated carbocycles. The van der Waals surface area contributed by atoms with Crippen molar-refractivity contribution in [3.63, 3.8) is 0 Å². The maximum absolute atomic E-state index is 14.1. The molecule has 2 N–H and O–H groups in total. The Labute approximate surface area is 137 Å². The summed E-state index contributed by atoms with van der Waals surface area (Å²) in [6, 6.07) is 4.69. The van der Waals surface area contributed by atoms with Gasteiger partial charge >= 0.3 is 6.09 Å². The van der Waals surface area contributed by atoms with Gasteiger partial charge in [0.05, 0.1) is 11.2 Å². The number of nitrogens with zero attached hydrogens (tertiary/aromatic N) is 2. The molecule has 128 valence electrons. The number of hydrogen-bond acceptors (Lipinski definition) is 4. The van der Waals surface area contributed by atoms with Crippen LogP contribution in [0.2, 0.25) is 0 Å². The quantitative estimate of drug-likeness (QED) is 0.806. The highest BCUT2D eigenvalue weighted by atomic mass is 19.1. The van der Waals surface area contributed by atoms with Gasteiger partial charge in [0, 0.05) is 25.3 Å². The highest BCUT2D eigenvalue weighted by molar-refractivity contribution is 5.70. The van der Waals surface area contributed by atoms with Crippen LogP contribution in [0.4, 0.5) is 20.6 Å². The summed E-state index contributed by atoms with van der Waals surface area (Å²) >= 11 is 0. The van der Waals surface area contributed by atoms with Crippen LogP contribution in [0, 0.1) is 5.82 Å². The normalized spacial score (nSPS) is 18.0. The lowest BCUT2D eigenvalue weighted by Gasteiger charge is -2.47. The van der Waals surface area contributed by atoms with Crippen LogP contribution in [-0.2, 0) is 4.74 Å². The molecule has 0 bridgehead atoms. The Balaban J connectivity index is 2.15. The molecule has 1 aliphatic heterocycles. The van der Waals surface area contributed by atoms with E-state index in [4.69, 9.17) is 10.5 Å². The van der Waals surface area contributed by atoms with Gasteiger partial charge in [-0.25, -0.2) is 9.18 Å². The molecule has 1 aromatic carbocycles. The summed E-state index contributed by atoms with van der Waals surface area (Å²) in [4.78, 5) is 16.0. The number of halogens is 1. The minimum atomic E-state index is -0.534. The van der Waals surface area contributed by atoms with Crippen molar-refractivity contribution in [3.05, 3.63) is 24.0 Å². The molecule has 1 saturated heterocycles. The van der Waals surface area contributed by atoms with Crippen LogP contribution >= 0.6 is 0 Å². The number of ether oxygens (including phenoxy) is 1. The van der Waals surface area contributed by atoms with Gasteiger partial charge in [0.1, 0.15) is 11.4 Å². The molecule has 6 heteroatoms. The lowest BCUT2D eigenvalue weighted by atomic mass is 9.98. The van der Waals surface area contributed by atoms with Crippen molar-refractivity contribution in [2.75, 3.05) is 30.3 Å². The predicted molar refractivity (Wildman–Crippen MR) is 90.0 cm³/mol. The maximum atomic E-state index is 14.1. The lowest BCUT2D eigenvalue weighted by Crippen LogP contribution is -2.62. The number of piperazine rings is 1. The first kappa shape index (κ1) is 17.4. The van der Waals surface area contributed by atoms with E-state index >= 15 is 0 Å². The van der Waals surface area contributed by atoms with Gasteiger partial charge in [0.15, 0.2) is 0 Å². The van der Waals surface area contributed by atoms with Gasteiger partial charge in [0.25, 0.3) is 0 Å². The van der Waals surface area contributed by atoms with E-state index in [1.807, 2.05) is 39.5 Å². The van der Waals surface area contributed by atoms with Crippen LogP contribution in [0.5, 0.6) is 0 Å². The molecule has 1 fully saturated rings. The molecule has 1 amide bonds. The highest BCUT2D eigenvalue weighted by Crippen LogP contribution is 2.29. The van der Waals surface area contributed by atoms with Gasteiger partial charge < -0.3 is 15.4 Å². The van der Waals surface area contributed by atoms with Crippen molar-refractivity contribution in [2.24, 2.45) is 0 Å². The SMILES string of the molecule is CC(C)(C)OC(=O)N1CCN(c2ccc(N)cc2F)CC1(C)C. The summed E-state index contributed by atoms with van der Waals surface area (Å²) in [5.74, 6) is -0.341. The van der Waals surface area contributed by atoms with Crippen molar-refractivity contribution >= 4 is 17.5 Å². The topological polar surface area (TPSA) is 58.8 Å². The second-order valence-electron chi connectivity index (χ2n) is 7.58. The van der Waals surface area contributed by atoms with E-state index in [0.29, 0.717) is 31.0 Å². The summed E-state index contributed by atoms with van der Waals surface area (Å²) in [7, 11) is 0. The average molecular weight is 323 g/mol. The predicted octanol–water partition coefficient (Wildman–Crippen LogP) is 3.24. The van der Waals surface area contributed by atoms with E-state index < -0.39 is 11.1 Å². The zero-order valence-corrected chi connectivity index (χ0v) is 14.5. The number of nitrogens with two attached hydrogens (primary N) is 1. The van der Waals surface area contributed by atoms with Crippen molar-refractivity contribution in [1.82, 2.24) is 4.90 Å². The highest BCUT2D eigenvalue weighted by Gasteiger charge is 2.39. The molecular weight excluding hydrogens is 297 g/mol. The first-order chi connectivity index (χ1) is 10.5. The third kappa shape index (κ3) is 4.06. The lowest BCUT2D eigenvalue weighted by molar-refractivity contribution is 0.000345. The number of anilines is 2. The van der Waals surface area contributed by atoms with Gasteiger partial charge in [-0.3, -0.25) is 4.90 Å². The number of hydrogen-bond donors (Lipinski definition) is 1. The van der Waals surface area contributed by atoms with E-state index in [0.717, 1.165) is 0 Å². The maximum Gasteiger partial charge on any atom is 0.410 e. The minimum absolute atomic E-state index is 0.333. The molecule has 0 radical (unpaired) electrons. The number of benzene rings is 1. The van der Waals surface area contributed by atoms with Crippen LogP contribution in [0.15, 0.2) is 18.2 Å². The molecule has 0 aliphatic carbocycles. The largest absolute Gasteiger partial charge is 0.444 e. The van der Waals surface area contributed by atoms with E-state index in [1.165, 1.54) is 6.07 Å². The number of amides is 1. The number of carbonyl (C=O) groups is 1. The van der Waals surface area contributed by atoms with Crippen molar-refractivity contribution < 1.29 is 13.9 Å². The van der Waals surface area contributed by atoms with Gasteiger partial charge in [-0.1, -0.05) is 0 Å². The smallest absolute Gasteiger partial charge is 0.410 e. The molecule has 5 nitrogen and oxygen atoms in total. The van der Waals surface area contributed by atoms with Crippen LogP contribution in [0.3, 0.4) is 0 Å². The molecule has 1 aliphatic rings. The fourth-order valence-electron chi connectivity index (χ4n) is 2.80. The molecule has 0 unspecified atom stereocenters. The summed E-state index contributed by atoms with van der Waals surface area (Å²) in [6.07, 6.45) is -0.333. The van der Waals surface area contributed by atoms with Crippen molar-refractivity contribution in [1.29, 1.82) is 0 Å². The fourth-order valence-corrected chi connectivity index (χ4v) is 2.80. The van der Waals surface area contributed by atoms with Crippen LogP contribution < -0.4 is 10.6 Å². The second kappa shape index (κ2) is 5.91. The first-order valence-corrected chi connectivity index (χ1v) is 7.80. The van der Waals surface area contributed by atoms with Crippen LogP contribution in [0.25, 0.3) is 0 Å². The molecular formula is C17H26FN3O2. The summed E-state index contributed by atoms with van der Waals surface area (Å²) in [5, 5.41) is 0. The van der Waals surface area contributed by atoms with Crippen LogP contribution in [-0.4, -0.2) is 41.8 Å². The van der Waals surface area contributed by atoms with Crippen LogP contribution in [0.1, 0.15) is 34.6 Å². The zero-order valence-electron chi connectivity index (χ0n) is 14.5. The molecule has 1 heterocycles. The van der Waals surface area contributed by atoms with Gasteiger partial charge in [-0.15, -0.1) is 0 Å². The second-order valence-corrected chi connectivity index (χ2v) is 7.58. The average Bonchev–Trinajstić information content (AvgIpc) is 2.34. The summed E-state index contributed by atoms with van der Waals surface area (Å²) in [5.41, 5.74) is 5.52. The molecule has 0 atom stereocenters. The Morgan fingerprint density at radius 3 is 2.48 bits per heavy atom. The first-order valence-electron chi connectivity index (χ1n) is 7.80.